The van der Waals surface area contributed by atoms with E-state index >= 15 is 0 Å². The molecule has 5 nitrogen and oxygen atoms in total. The Morgan fingerprint density at radius 1 is 1.53 bits per heavy atom. The van der Waals surface area contributed by atoms with E-state index in [0.717, 1.165) is 42.9 Å². The number of carbonyl (C=O) groups is 1. The predicted molar refractivity (Wildman–Crippen MR) is 70.8 cm³/mol. The highest BCUT2D eigenvalue weighted by molar-refractivity contribution is 5.75. The van der Waals surface area contributed by atoms with Crippen molar-refractivity contribution in [2.24, 2.45) is 5.41 Å². The van der Waals surface area contributed by atoms with Gasteiger partial charge >= 0.3 is 5.97 Å². The van der Waals surface area contributed by atoms with Gasteiger partial charge in [0.15, 0.2) is 0 Å². The van der Waals surface area contributed by atoms with Crippen LogP contribution in [0.4, 0.5) is 0 Å². The summed E-state index contributed by atoms with van der Waals surface area (Å²) < 4.78 is 5.17. The number of hydrogen-bond donors (Lipinski definition) is 1. The topological polar surface area (TPSA) is 66.6 Å². The van der Waals surface area contributed by atoms with E-state index in [1.165, 1.54) is 0 Å². The summed E-state index contributed by atoms with van der Waals surface area (Å²) in [5.74, 6) is 0.166. The molecule has 0 bridgehead atoms. The smallest absolute Gasteiger partial charge is 0.310 e. The summed E-state index contributed by atoms with van der Waals surface area (Å²) in [6.07, 6.45) is 2.39. The molecule has 1 aromatic rings. The highest BCUT2D eigenvalue weighted by atomic mass is 16.5. The first-order chi connectivity index (χ1) is 8.98. The van der Waals surface area contributed by atoms with Crippen molar-refractivity contribution >= 4 is 5.97 Å². The van der Waals surface area contributed by atoms with Crippen LogP contribution >= 0.6 is 0 Å². The van der Waals surface area contributed by atoms with E-state index in [-0.39, 0.29) is 0 Å². The van der Waals surface area contributed by atoms with Crippen LogP contribution in [0, 0.1) is 19.3 Å². The second kappa shape index (κ2) is 5.33. The van der Waals surface area contributed by atoms with Gasteiger partial charge in [0.25, 0.3) is 0 Å². The van der Waals surface area contributed by atoms with Crippen LogP contribution in [0.25, 0.3) is 0 Å². The van der Waals surface area contributed by atoms with Crippen LogP contribution in [-0.4, -0.2) is 34.2 Å². The zero-order valence-electron chi connectivity index (χ0n) is 11.9. The van der Waals surface area contributed by atoms with Gasteiger partial charge in [-0.3, -0.25) is 9.69 Å². The third-order valence-corrected chi connectivity index (χ3v) is 4.35. The molecule has 106 valence electrons. The molecule has 0 aromatic carbocycles. The van der Waals surface area contributed by atoms with Gasteiger partial charge in [0, 0.05) is 18.7 Å². The summed E-state index contributed by atoms with van der Waals surface area (Å²) in [5.41, 5.74) is 1.41. The average Bonchev–Trinajstić information content (AvgIpc) is 2.70. The van der Waals surface area contributed by atoms with E-state index in [1.807, 2.05) is 20.8 Å². The molecular weight excluding hydrogens is 244 g/mol. The molecule has 1 fully saturated rings. The number of aromatic nitrogens is 1. The van der Waals surface area contributed by atoms with Crippen molar-refractivity contribution in [1.29, 1.82) is 0 Å². The fourth-order valence-electron chi connectivity index (χ4n) is 2.93. The standard InChI is InChI=1S/C14H22N2O3/c1-4-14(13(17)18)6-5-7-16(9-14)8-12-10(2)15-19-11(12)3/h4-9H2,1-3H3,(H,17,18). The third-order valence-electron chi connectivity index (χ3n) is 4.35. The van der Waals surface area contributed by atoms with E-state index in [1.54, 1.807) is 0 Å². The first-order valence-corrected chi connectivity index (χ1v) is 6.86. The molecule has 2 heterocycles. The molecule has 19 heavy (non-hydrogen) atoms. The van der Waals surface area contributed by atoms with E-state index < -0.39 is 11.4 Å². The minimum absolute atomic E-state index is 0.586. The van der Waals surface area contributed by atoms with Gasteiger partial charge in [0.2, 0.25) is 0 Å². The van der Waals surface area contributed by atoms with Crippen molar-refractivity contribution < 1.29 is 14.4 Å². The Morgan fingerprint density at radius 2 is 2.26 bits per heavy atom. The first kappa shape index (κ1) is 14.1. The van der Waals surface area contributed by atoms with Gasteiger partial charge in [0.1, 0.15) is 5.76 Å². The molecular formula is C14H22N2O3. The Labute approximate surface area is 113 Å². The molecule has 0 amide bonds. The van der Waals surface area contributed by atoms with E-state index in [2.05, 4.69) is 10.1 Å². The van der Waals surface area contributed by atoms with Gasteiger partial charge in [-0.1, -0.05) is 12.1 Å². The van der Waals surface area contributed by atoms with Gasteiger partial charge in [-0.05, 0) is 39.7 Å². The highest BCUT2D eigenvalue weighted by Crippen LogP contribution is 2.34. The Hall–Kier alpha value is -1.36. The summed E-state index contributed by atoms with van der Waals surface area (Å²) in [6, 6.07) is 0. The lowest BCUT2D eigenvalue weighted by Gasteiger charge is -2.39. The summed E-state index contributed by atoms with van der Waals surface area (Å²) in [6.45, 7) is 8.09. The van der Waals surface area contributed by atoms with E-state index in [0.29, 0.717) is 13.0 Å². The fourth-order valence-corrected chi connectivity index (χ4v) is 2.93. The maximum atomic E-state index is 11.5. The van der Waals surface area contributed by atoms with Gasteiger partial charge in [-0.2, -0.15) is 0 Å². The maximum Gasteiger partial charge on any atom is 0.310 e. The first-order valence-electron chi connectivity index (χ1n) is 6.86. The van der Waals surface area contributed by atoms with Crippen LogP contribution < -0.4 is 0 Å². The molecule has 1 aliphatic rings. The second-order valence-electron chi connectivity index (χ2n) is 5.56. The highest BCUT2D eigenvalue weighted by Gasteiger charge is 2.40. The Morgan fingerprint density at radius 3 is 2.79 bits per heavy atom. The largest absolute Gasteiger partial charge is 0.481 e. The molecule has 1 aromatic heterocycles. The van der Waals surface area contributed by atoms with Crippen molar-refractivity contribution in [1.82, 2.24) is 10.1 Å². The minimum Gasteiger partial charge on any atom is -0.481 e. The fraction of sp³-hybridized carbons (Fsp3) is 0.714. The van der Waals surface area contributed by atoms with Crippen molar-refractivity contribution in [3.8, 4) is 0 Å². The normalized spacial score (nSPS) is 24.6. The van der Waals surface area contributed by atoms with Crippen LogP contribution in [0.5, 0.6) is 0 Å². The zero-order chi connectivity index (χ0) is 14.0. The molecule has 0 saturated carbocycles. The molecule has 1 unspecified atom stereocenters. The average molecular weight is 266 g/mol. The number of carboxylic acid groups (broad SMARTS) is 1. The second-order valence-corrected chi connectivity index (χ2v) is 5.56. The minimum atomic E-state index is -0.668. The SMILES string of the molecule is CCC1(C(=O)O)CCCN(Cc2c(C)noc2C)C1. The van der Waals surface area contributed by atoms with Gasteiger partial charge in [0.05, 0.1) is 11.1 Å². The monoisotopic (exact) mass is 266 g/mol. The van der Waals surface area contributed by atoms with Crippen molar-refractivity contribution in [3.05, 3.63) is 17.0 Å². The van der Waals surface area contributed by atoms with Crippen LogP contribution in [0.2, 0.25) is 0 Å². The number of rotatable bonds is 4. The molecule has 1 aliphatic heterocycles. The third kappa shape index (κ3) is 2.66. The number of aliphatic carboxylic acids is 1. The molecule has 0 spiro atoms. The van der Waals surface area contributed by atoms with E-state index in [9.17, 15) is 9.90 Å². The van der Waals surface area contributed by atoms with Crippen molar-refractivity contribution in [2.45, 2.75) is 46.6 Å². The number of piperidine rings is 1. The summed E-state index contributed by atoms with van der Waals surface area (Å²) in [4.78, 5) is 13.7. The molecule has 2 rings (SSSR count). The molecule has 0 aliphatic carbocycles. The lowest BCUT2D eigenvalue weighted by atomic mass is 9.77. The van der Waals surface area contributed by atoms with Crippen LogP contribution in [0.15, 0.2) is 4.52 Å². The van der Waals surface area contributed by atoms with Gasteiger partial charge in [-0.15, -0.1) is 0 Å². The summed E-state index contributed by atoms with van der Waals surface area (Å²) in [7, 11) is 0. The van der Waals surface area contributed by atoms with Crippen molar-refractivity contribution in [3.63, 3.8) is 0 Å². The zero-order valence-corrected chi connectivity index (χ0v) is 11.9. The molecule has 0 radical (unpaired) electrons. The molecule has 1 atom stereocenters. The van der Waals surface area contributed by atoms with Crippen molar-refractivity contribution in [2.75, 3.05) is 13.1 Å². The van der Waals surface area contributed by atoms with Crippen LogP contribution in [0.1, 0.15) is 43.2 Å². The predicted octanol–water partition coefficient (Wildman–Crippen LogP) is 2.37. The van der Waals surface area contributed by atoms with Gasteiger partial charge < -0.3 is 9.63 Å². The molecule has 1 saturated heterocycles. The summed E-state index contributed by atoms with van der Waals surface area (Å²) in [5, 5.41) is 13.4. The molecule has 1 N–H and O–H groups in total. The van der Waals surface area contributed by atoms with Crippen LogP contribution in [0.3, 0.4) is 0 Å². The Balaban J connectivity index is 2.12. The Bertz CT molecular complexity index is 450. The molecule has 5 heteroatoms. The Kier molecular flexibility index (Phi) is 3.94. The maximum absolute atomic E-state index is 11.5. The lowest BCUT2D eigenvalue weighted by Crippen LogP contribution is -2.47. The number of nitrogens with zero attached hydrogens (tertiary/aromatic N) is 2. The summed E-state index contributed by atoms with van der Waals surface area (Å²) >= 11 is 0. The quantitative estimate of drug-likeness (QED) is 0.906. The van der Waals surface area contributed by atoms with Crippen LogP contribution in [-0.2, 0) is 11.3 Å². The van der Waals surface area contributed by atoms with Gasteiger partial charge in [-0.25, -0.2) is 0 Å². The number of aryl methyl sites for hydroxylation is 2. The lowest BCUT2D eigenvalue weighted by molar-refractivity contribution is -0.153. The number of carboxylic acids is 1. The van der Waals surface area contributed by atoms with E-state index in [4.69, 9.17) is 4.52 Å². The number of likely N-dealkylation sites (tertiary alicyclic amines) is 1. The number of hydrogen-bond acceptors (Lipinski definition) is 4.